The smallest absolute Gasteiger partial charge is 0.218 e. The van der Waals surface area contributed by atoms with Crippen LogP contribution in [-0.2, 0) is 4.74 Å². The highest BCUT2D eigenvalue weighted by Gasteiger charge is 2.13. The lowest BCUT2D eigenvalue weighted by molar-refractivity contribution is 0.348. The third-order valence-electron chi connectivity index (χ3n) is 2.40. The predicted octanol–water partition coefficient (Wildman–Crippen LogP) is 1.94. The number of aromatic nitrogens is 1. The molecule has 2 heterocycles. The van der Waals surface area contributed by atoms with E-state index in [1.165, 1.54) is 5.39 Å². The fourth-order valence-corrected chi connectivity index (χ4v) is 1.76. The number of benzene rings is 1. The summed E-state index contributed by atoms with van der Waals surface area (Å²) in [5, 5.41) is 1.20. The zero-order valence-electron chi connectivity index (χ0n) is 7.66. The van der Waals surface area contributed by atoms with Gasteiger partial charge in [-0.05, 0) is 12.1 Å². The van der Waals surface area contributed by atoms with Gasteiger partial charge in [0.15, 0.2) is 0 Å². The Balaban J connectivity index is 2.24. The summed E-state index contributed by atoms with van der Waals surface area (Å²) in [7, 11) is 0. The minimum Gasteiger partial charge on any atom is -0.475 e. The van der Waals surface area contributed by atoms with Gasteiger partial charge in [0.1, 0.15) is 6.61 Å². The number of ether oxygens (including phenoxy) is 1. The van der Waals surface area contributed by atoms with Crippen LogP contribution in [0.2, 0.25) is 0 Å². The fraction of sp³-hybridized carbons (Fsp3) is 0.182. The Bertz CT molecular complexity index is 499. The molecule has 1 aromatic heterocycles. The lowest BCUT2D eigenvalue weighted by atomic mass is 10.1. The third-order valence-corrected chi connectivity index (χ3v) is 2.40. The zero-order valence-corrected chi connectivity index (χ0v) is 7.66. The average molecular weight is 186 g/mol. The number of nitrogens with zero attached hydrogens (tertiary/aromatic N) is 1. The van der Waals surface area contributed by atoms with Crippen LogP contribution in [0.3, 0.4) is 0 Å². The van der Waals surface area contributed by atoms with Crippen molar-refractivity contribution in [1.29, 1.82) is 0 Å². The minimum absolute atomic E-state index is 0.701. The molecule has 0 aliphatic carbocycles. The molecule has 14 heavy (non-hydrogen) atoms. The van der Waals surface area contributed by atoms with E-state index in [1.54, 1.807) is 0 Å². The highest BCUT2D eigenvalue weighted by molar-refractivity contribution is 6.06. The summed E-state index contributed by atoms with van der Waals surface area (Å²) in [6, 6.07) is 8.18. The molecule has 3 heteroatoms. The van der Waals surface area contributed by atoms with Gasteiger partial charge in [-0.1, -0.05) is 12.1 Å². The van der Waals surface area contributed by atoms with Gasteiger partial charge in [0.05, 0.1) is 17.6 Å². The Hall–Kier alpha value is -1.77. The number of hydrogen-bond acceptors (Lipinski definition) is 2. The number of nitrogens with one attached hydrogen (secondary N) is 1. The first-order valence-corrected chi connectivity index (χ1v) is 4.69. The van der Waals surface area contributed by atoms with Crippen molar-refractivity contribution in [3.8, 4) is 0 Å². The molecule has 3 rings (SSSR count). The summed E-state index contributed by atoms with van der Waals surface area (Å²) in [4.78, 5) is 7.51. The molecular weight excluding hydrogens is 176 g/mol. The van der Waals surface area contributed by atoms with Gasteiger partial charge in [-0.25, -0.2) is 4.99 Å². The Kier molecular flexibility index (Phi) is 1.56. The maximum absolute atomic E-state index is 5.45. The van der Waals surface area contributed by atoms with Crippen molar-refractivity contribution in [1.82, 2.24) is 4.98 Å². The fourth-order valence-electron chi connectivity index (χ4n) is 1.76. The van der Waals surface area contributed by atoms with Gasteiger partial charge in [0, 0.05) is 11.6 Å². The monoisotopic (exact) mass is 186 g/mol. The average Bonchev–Trinajstić information content (AvgIpc) is 2.88. The van der Waals surface area contributed by atoms with Crippen LogP contribution in [0.1, 0.15) is 5.56 Å². The second-order valence-corrected chi connectivity index (χ2v) is 3.28. The molecule has 0 spiro atoms. The first kappa shape index (κ1) is 7.62. The lowest BCUT2D eigenvalue weighted by Crippen LogP contribution is -2.01. The highest BCUT2D eigenvalue weighted by atomic mass is 16.5. The van der Waals surface area contributed by atoms with Crippen LogP contribution in [-0.4, -0.2) is 24.0 Å². The van der Waals surface area contributed by atoms with Crippen LogP contribution >= 0.6 is 0 Å². The van der Waals surface area contributed by atoms with Gasteiger partial charge in [-0.3, -0.25) is 0 Å². The zero-order chi connectivity index (χ0) is 9.38. The summed E-state index contributed by atoms with van der Waals surface area (Å²) in [5.41, 5.74) is 2.16. The topological polar surface area (TPSA) is 37.4 Å². The van der Waals surface area contributed by atoms with Crippen LogP contribution in [0.25, 0.3) is 10.9 Å². The molecule has 0 fully saturated rings. The predicted molar refractivity (Wildman–Crippen MR) is 55.7 cm³/mol. The third kappa shape index (κ3) is 1.02. The molecule has 0 saturated carbocycles. The van der Waals surface area contributed by atoms with Gasteiger partial charge in [0.25, 0.3) is 0 Å². The quantitative estimate of drug-likeness (QED) is 0.726. The molecule has 0 saturated heterocycles. The molecule has 2 aromatic rings. The summed E-state index contributed by atoms with van der Waals surface area (Å²) in [6.07, 6.45) is 1.93. The standard InChI is InChI=1S/C11H10N2O/c1-2-8-4-5-12-10(8)9(3-1)11-13-6-7-14-11/h1-5,12H,6-7H2. The van der Waals surface area contributed by atoms with Crippen LogP contribution in [0.5, 0.6) is 0 Å². The molecule has 0 radical (unpaired) electrons. The second kappa shape index (κ2) is 2.87. The number of hydrogen-bond donors (Lipinski definition) is 1. The molecule has 1 N–H and O–H groups in total. The van der Waals surface area contributed by atoms with Crippen LogP contribution < -0.4 is 0 Å². The van der Waals surface area contributed by atoms with Crippen LogP contribution in [0.15, 0.2) is 35.5 Å². The maximum atomic E-state index is 5.45. The lowest BCUT2D eigenvalue weighted by Gasteiger charge is -2.02. The van der Waals surface area contributed by atoms with Crippen molar-refractivity contribution in [2.24, 2.45) is 4.99 Å². The molecule has 0 amide bonds. The molecule has 3 nitrogen and oxygen atoms in total. The summed E-state index contributed by atoms with van der Waals surface area (Å²) in [6.45, 7) is 1.47. The first-order chi connectivity index (χ1) is 6.95. The number of para-hydroxylation sites is 1. The molecule has 70 valence electrons. The van der Waals surface area contributed by atoms with E-state index in [-0.39, 0.29) is 0 Å². The summed E-state index contributed by atoms with van der Waals surface area (Å²) >= 11 is 0. The van der Waals surface area contributed by atoms with E-state index in [0.29, 0.717) is 6.61 Å². The molecule has 1 aromatic carbocycles. The number of H-pyrrole nitrogens is 1. The number of aromatic amines is 1. The van der Waals surface area contributed by atoms with E-state index in [4.69, 9.17) is 4.74 Å². The minimum atomic E-state index is 0.701. The molecular formula is C11H10N2O. The number of rotatable bonds is 1. The first-order valence-electron chi connectivity index (χ1n) is 4.69. The van der Waals surface area contributed by atoms with E-state index in [2.05, 4.69) is 16.0 Å². The molecule has 1 aliphatic heterocycles. The van der Waals surface area contributed by atoms with Crippen LogP contribution in [0, 0.1) is 0 Å². The van der Waals surface area contributed by atoms with Gasteiger partial charge < -0.3 is 9.72 Å². The number of fused-ring (bicyclic) bond motifs is 1. The normalized spacial score (nSPS) is 15.6. The van der Waals surface area contributed by atoms with Gasteiger partial charge >= 0.3 is 0 Å². The van der Waals surface area contributed by atoms with Crippen molar-refractivity contribution in [2.45, 2.75) is 0 Å². The van der Waals surface area contributed by atoms with E-state index in [0.717, 1.165) is 23.5 Å². The summed E-state index contributed by atoms with van der Waals surface area (Å²) < 4.78 is 5.45. The Morgan fingerprint density at radius 1 is 1.29 bits per heavy atom. The van der Waals surface area contributed by atoms with Gasteiger partial charge in [0.2, 0.25) is 5.90 Å². The molecule has 1 aliphatic rings. The molecule has 0 unspecified atom stereocenters. The van der Waals surface area contributed by atoms with E-state index in [9.17, 15) is 0 Å². The van der Waals surface area contributed by atoms with Crippen molar-refractivity contribution in [3.63, 3.8) is 0 Å². The Morgan fingerprint density at radius 3 is 3.14 bits per heavy atom. The molecule has 0 atom stereocenters. The van der Waals surface area contributed by atoms with E-state index >= 15 is 0 Å². The van der Waals surface area contributed by atoms with Crippen molar-refractivity contribution < 1.29 is 4.74 Å². The largest absolute Gasteiger partial charge is 0.475 e. The van der Waals surface area contributed by atoms with Crippen molar-refractivity contribution >= 4 is 16.8 Å². The summed E-state index contributed by atoms with van der Waals surface area (Å²) in [5.74, 6) is 0.762. The van der Waals surface area contributed by atoms with Crippen LogP contribution in [0.4, 0.5) is 0 Å². The highest BCUT2D eigenvalue weighted by Crippen LogP contribution is 2.19. The SMILES string of the molecule is c1cc(C2=NCCO2)c2[nH]ccc2c1. The van der Waals surface area contributed by atoms with E-state index in [1.807, 2.05) is 24.4 Å². The second-order valence-electron chi connectivity index (χ2n) is 3.28. The van der Waals surface area contributed by atoms with Crippen molar-refractivity contribution in [3.05, 3.63) is 36.0 Å². The van der Waals surface area contributed by atoms with Crippen molar-refractivity contribution in [2.75, 3.05) is 13.2 Å². The Morgan fingerprint density at radius 2 is 2.29 bits per heavy atom. The maximum Gasteiger partial charge on any atom is 0.218 e. The Labute approximate surface area is 81.4 Å². The van der Waals surface area contributed by atoms with E-state index < -0.39 is 0 Å². The molecule has 0 bridgehead atoms. The number of aliphatic imine (C=N–C) groups is 1. The van der Waals surface area contributed by atoms with Gasteiger partial charge in [-0.15, -0.1) is 0 Å². The van der Waals surface area contributed by atoms with Gasteiger partial charge in [-0.2, -0.15) is 0 Å².